The molecule has 1 N–H and O–H groups in total. The third-order valence-corrected chi connectivity index (χ3v) is 3.87. The third kappa shape index (κ3) is 4.59. The molecule has 0 aromatic carbocycles. The molecule has 2 aromatic heterocycles. The maximum Gasteiger partial charge on any atom is 0.322 e. The van der Waals surface area contributed by atoms with Crippen molar-refractivity contribution in [2.75, 3.05) is 11.9 Å². The van der Waals surface area contributed by atoms with Crippen molar-refractivity contribution in [2.24, 2.45) is 0 Å². The minimum absolute atomic E-state index is 0.121. The fraction of sp³-hybridized carbons (Fsp3) is 0.364. The number of hydrogen-bond donors (Lipinski definition) is 1. The molecule has 5 nitrogen and oxygen atoms in total. The molecule has 19 heavy (non-hydrogen) atoms. The van der Waals surface area contributed by atoms with Gasteiger partial charge < -0.3 is 10.1 Å². The molecule has 0 amide bonds. The third-order valence-electron chi connectivity index (χ3n) is 2.07. The molecule has 0 aliphatic heterocycles. The SMILES string of the molecule is CCCOc1nc(Cl)nc(NCc2ccc(Br)s2)n1. The summed E-state index contributed by atoms with van der Waals surface area (Å²) in [5.74, 6) is 0.413. The summed E-state index contributed by atoms with van der Waals surface area (Å²) in [5, 5.41) is 3.22. The van der Waals surface area contributed by atoms with Gasteiger partial charge in [0, 0.05) is 4.88 Å². The molecule has 102 valence electrons. The lowest BCUT2D eigenvalue weighted by Crippen LogP contribution is -2.07. The van der Waals surface area contributed by atoms with Gasteiger partial charge in [0.2, 0.25) is 11.2 Å². The first-order valence-electron chi connectivity index (χ1n) is 5.70. The predicted molar refractivity (Wildman–Crippen MR) is 80.0 cm³/mol. The van der Waals surface area contributed by atoms with E-state index in [1.165, 1.54) is 4.88 Å². The van der Waals surface area contributed by atoms with E-state index in [9.17, 15) is 0 Å². The van der Waals surface area contributed by atoms with Gasteiger partial charge >= 0.3 is 6.01 Å². The maximum atomic E-state index is 5.83. The van der Waals surface area contributed by atoms with Gasteiger partial charge in [-0.15, -0.1) is 11.3 Å². The van der Waals surface area contributed by atoms with E-state index < -0.39 is 0 Å². The molecule has 0 aliphatic carbocycles. The number of nitrogens with zero attached hydrogens (tertiary/aromatic N) is 3. The molecule has 0 spiro atoms. The highest BCUT2D eigenvalue weighted by Gasteiger charge is 2.06. The summed E-state index contributed by atoms with van der Waals surface area (Å²) < 4.78 is 6.43. The molecule has 2 rings (SSSR count). The summed E-state index contributed by atoms with van der Waals surface area (Å²) in [7, 11) is 0. The molecular weight excluding hydrogens is 352 g/mol. The summed E-state index contributed by atoms with van der Waals surface area (Å²) in [5.41, 5.74) is 0. The van der Waals surface area contributed by atoms with E-state index in [-0.39, 0.29) is 11.3 Å². The quantitative estimate of drug-likeness (QED) is 0.847. The van der Waals surface area contributed by atoms with Crippen LogP contribution in [-0.2, 0) is 6.54 Å². The average molecular weight is 364 g/mol. The summed E-state index contributed by atoms with van der Waals surface area (Å²) >= 11 is 10.9. The fourth-order valence-electron chi connectivity index (χ4n) is 1.28. The standard InChI is InChI=1S/C11H12BrClN4OS/c1-2-5-18-11-16-9(13)15-10(17-11)14-6-7-3-4-8(12)19-7/h3-4H,2,5-6H2,1H3,(H,14,15,16,17). The number of halogens is 2. The minimum Gasteiger partial charge on any atom is -0.463 e. The summed E-state index contributed by atoms with van der Waals surface area (Å²) in [6, 6.07) is 4.27. The molecule has 0 fully saturated rings. The highest BCUT2D eigenvalue weighted by molar-refractivity contribution is 9.11. The van der Waals surface area contributed by atoms with Crippen LogP contribution in [0.25, 0.3) is 0 Å². The van der Waals surface area contributed by atoms with Gasteiger partial charge in [-0.2, -0.15) is 15.0 Å². The van der Waals surface area contributed by atoms with E-state index in [1.54, 1.807) is 11.3 Å². The van der Waals surface area contributed by atoms with Crippen LogP contribution in [0.1, 0.15) is 18.2 Å². The van der Waals surface area contributed by atoms with Gasteiger partial charge in [-0.25, -0.2) is 0 Å². The molecule has 0 radical (unpaired) electrons. The van der Waals surface area contributed by atoms with Crippen LogP contribution < -0.4 is 10.1 Å². The normalized spacial score (nSPS) is 10.5. The number of hydrogen-bond acceptors (Lipinski definition) is 6. The Morgan fingerprint density at radius 2 is 2.21 bits per heavy atom. The van der Waals surface area contributed by atoms with E-state index in [4.69, 9.17) is 16.3 Å². The van der Waals surface area contributed by atoms with Crippen molar-refractivity contribution in [2.45, 2.75) is 19.9 Å². The van der Waals surface area contributed by atoms with Crippen molar-refractivity contribution in [3.05, 3.63) is 26.1 Å². The van der Waals surface area contributed by atoms with Crippen LogP contribution in [0.15, 0.2) is 15.9 Å². The Balaban J connectivity index is 2.01. The lowest BCUT2D eigenvalue weighted by Gasteiger charge is -2.06. The van der Waals surface area contributed by atoms with Gasteiger partial charge in [0.05, 0.1) is 16.9 Å². The second-order valence-corrected chi connectivity index (χ2v) is 6.50. The predicted octanol–water partition coefficient (Wildman–Crippen LogP) is 3.75. The van der Waals surface area contributed by atoms with E-state index in [0.29, 0.717) is 19.1 Å². The summed E-state index contributed by atoms with van der Waals surface area (Å²) in [6.07, 6.45) is 0.884. The fourth-order valence-corrected chi connectivity index (χ4v) is 2.86. The van der Waals surface area contributed by atoms with E-state index in [2.05, 4.69) is 36.2 Å². The summed E-state index contributed by atoms with van der Waals surface area (Å²) in [4.78, 5) is 13.2. The van der Waals surface area contributed by atoms with Gasteiger partial charge in [-0.3, -0.25) is 0 Å². The van der Waals surface area contributed by atoms with Crippen LogP contribution in [0, 0.1) is 0 Å². The van der Waals surface area contributed by atoms with E-state index in [0.717, 1.165) is 10.2 Å². The van der Waals surface area contributed by atoms with Crippen molar-refractivity contribution in [3.8, 4) is 6.01 Å². The van der Waals surface area contributed by atoms with Crippen molar-refractivity contribution >= 4 is 44.8 Å². The molecule has 8 heteroatoms. The van der Waals surface area contributed by atoms with Crippen LogP contribution in [0.4, 0.5) is 5.95 Å². The largest absolute Gasteiger partial charge is 0.463 e. The van der Waals surface area contributed by atoms with Gasteiger partial charge in [-0.05, 0) is 46.1 Å². The van der Waals surface area contributed by atoms with Crippen molar-refractivity contribution < 1.29 is 4.74 Å². The van der Waals surface area contributed by atoms with E-state index >= 15 is 0 Å². The average Bonchev–Trinajstić information content (AvgIpc) is 2.79. The van der Waals surface area contributed by atoms with Gasteiger partial charge in [0.25, 0.3) is 0 Å². The Hall–Kier alpha value is -0.920. The Bertz CT molecular complexity index is 551. The first-order chi connectivity index (χ1) is 9.17. The van der Waals surface area contributed by atoms with Crippen LogP contribution >= 0.6 is 38.9 Å². The molecular formula is C11H12BrClN4OS. The molecule has 2 aromatic rings. The first-order valence-corrected chi connectivity index (χ1v) is 7.68. The lowest BCUT2D eigenvalue weighted by atomic mass is 10.5. The molecule has 0 unspecified atom stereocenters. The highest BCUT2D eigenvalue weighted by Crippen LogP contribution is 2.22. The Labute approximate surface area is 128 Å². The van der Waals surface area contributed by atoms with Crippen molar-refractivity contribution in [3.63, 3.8) is 0 Å². The number of rotatable bonds is 6. The summed E-state index contributed by atoms with van der Waals surface area (Å²) in [6.45, 7) is 3.19. The molecule has 2 heterocycles. The smallest absolute Gasteiger partial charge is 0.322 e. The lowest BCUT2D eigenvalue weighted by molar-refractivity contribution is 0.291. The number of aromatic nitrogens is 3. The van der Waals surface area contributed by atoms with Gasteiger partial charge in [0.15, 0.2) is 0 Å². The van der Waals surface area contributed by atoms with E-state index in [1.807, 2.05) is 19.1 Å². The molecule has 0 bridgehead atoms. The number of thiophene rings is 1. The van der Waals surface area contributed by atoms with Gasteiger partial charge in [0.1, 0.15) is 0 Å². The zero-order valence-electron chi connectivity index (χ0n) is 10.2. The van der Waals surface area contributed by atoms with Crippen molar-refractivity contribution in [1.82, 2.24) is 15.0 Å². The molecule has 0 saturated heterocycles. The molecule has 0 atom stereocenters. The van der Waals surface area contributed by atoms with Crippen LogP contribution in [0.5, 0.6) is 6.01 Å². The monoisotopic (exact) mass is 362 g/mol. The number of ether oxygens (including phenoxy) is 1. The maximum absolute atomic E-state index is 5.83. The zero-order chi connectivity index (χ0) is 13.7. The first kappa shape index (κ1) is 14.5. The highest BCUT2D eigenvalue weighted by atomic mass is 79.9. The Morgan fingerprint density at radius 3 is 2.89 bits per heavy atom. The van der Waals surface area contributed by atoms with Crippen molar-refractivity contribution in [1.29, 1.82) is 0 Å². The Kier molecular flexibility index (Phi) is 5.35. The second kappa shape index (κ2) is 7.02. The number of nitrogens with one attached hydrogen (secondary N) is 1. The number of anilines is 1. The van der Waals surface area contributed by atoms with Crippen LogP contribution in [-0.4, -0.2) is 21.6 Å². The van der Waals surface area contributed by atoms with Gasteiger partial charge in [-0.1, -0.05) is 6.92 Å². The topological polar surface area (TPSA) is 59.9 Å². The zero-order valence-corrected chi connectivity index (χ0v) is 13.3. The molecule has 0 saturated carbocycles. The minimum atomic E-state index is 0.121. The van der Waals surface area contributed by atoms with Crippen LogP contribution in [0.3, 0.4) is 0 Å². The second-order valence-electron chi connectivity index (χ2n) is 3.62. The van der Waals surface area contributed by atoms with Crippen LogP contribution in [0.2, 0.25) is 5.28 Å². The Morgan fingerprint density at radius 1 is 1.37 bits per heavy atom. The molecule has 0 aliphatic rings.